The molecule has 0 aromatic heterocycles. The summed E-state index contributed by atoms with van der Waals surface area (Å²) in [5, 5.41) is 0.596. The quantitative estimate of drug-likeness (QED) is 0.230. The summed E-state index contributed by atoms with van der Waals surface area (Å²) in [4.78, 5) is 25.0. The molecule has 29 heavy (non-hydrogen) atoms. The lowest BCUT2D eigenvalue weighted by atomic mass is 10.1. The molecule has 0 amide bonds. The van der Waals surface area contributed by atoms with Gasteiger partial charge in [-0.3, -0.25) is 0 Å². The Balaban J connectivity index is 1.89. The molecule has 5 heteroatoms. The average Bonchev–Trinajstić information content (AvgIpc) is 2.72. The molecule has 0 aliphatic rings. The van der Waals surface area contributed by atoms with E-state index in [1.54, 1.807) is 42.5 Å². The first kappa shape index (κ1) is 23.0. The van der Waals surface area contributed by atoms with Crippen LogP contribution in [0.3, 0.4) is 0 Å². The third-order valence-corrected chi connectivity index (χ3v) is 5.11. The molecule has 156 valence electrons. The lowest BCUT2D eigenvalue weighted by Crippen LogP contribution is -2.16. The minimum atomic E-state index is -0.602. The van der Waals surface area contributed by atoms with Crippen LogP contribution in [0.25, 0.3) is 0 Å². The third-order valence-electron chi connectivity index (χ3n) is 4.69. The highest BCUT2D eigenvalue weighted by Crippen LogP contribution is 2.22. The Labute approximate surface area is 178 Å². The largest absolute Gasteiger partial charge is 0.462 e. The third kappa shape index (κ3) is 7.54. The van der Waals surface area contributed by atoms with Crippen molar-refractivity contribution >= 4 is 23.5 Å². The van der Waals surface area contributed by atoms with Crippen molar-refractivity contribution < 1.29 is 19.1 Å². The van der Waals surface area contributed by atoms with Gasteiger partial charge >= 0.3 is 11.9 Å². The van der Waals surface area contributed by atoms with Crippen LogP contribution in [0, 0.1) is 6.92 Å². The van der Waals surface area contributed by atoms with Gasteiger partial charge < -0.3 is 9.47 Å². The van der Waals surface area contributed by atoms with Crippen molar-refractivity contribution in [2.45, 2.75) is 58.8 Å². The van der Waals surface area contributed by atoms with E-state index in [4.69, 9.17) is 21.1 Å². The molecule has 0 aliphatic carbocycles. The van der Waals surface area contributed by atoms with E-state index in [1.807, 2.05) is 6.92 Å². The Morgan fingerprint density at radius 2 is 1.48 bits per heavy atom. The predicted octanol–water partition coefficient (Wildman–Crippen LogP) is 6.78. The number of rotatable bonds is 11. The smallest absolute Gasteiger partial charge is 0.344 e. The molecule has 0 aliphatic heterocycles. The zero-order valence-electron chi connectivity index (χ0n) is 17.2. The van der Waals surface area contributed by atoms with Gasteiger partial charge in [0, 0.05) is 5.02 Å². The number of carbonyl (C=O) groups excluding carboxylic acids is 2. The monoisotopic (exact) mass is 416 g/mol. The van der Waals surface area contributed by atoms with E-state index in [0.29, 0.717) is 17.4 Å². The molecule has 0 N–H and O–H groups in total. The predicted molar refractivity (Wildman–Crippen MR) is 116 cm³/mol. The van der Waals surface area contributed by atoms with E-state index < -0.39 is 11.9 Å². The van der Waals surface area contributed by atoms with Gasteiger partial charge in [-0.05, 0) is 49.2 Å². The van der Waals surface area contributed by atoms with Crippen molar-refractivity contribution in [3.05, 3.63) is 64.2 Å². The van der Waals surface area contributed by atoms with Crippen molar-refractivity contribution in [1.29, 1.82) is 0 Å². The summed E-state index contributed by atoms with van der Waals surface area (Å²) in [5.74, 6) is -0.728. The number of hydrogen-bond acceptors (Lipinski definition) is 4. The van der Waals surface area contributed by atoms with Crippen molar-refractivity contribution in [2.24, 2.45) is 0 Å². The van der Waals surface area contributed by atoms with Crippen molar-refractivity contribution in [2.75, 3.05) is 6.61 Å². The lowest BCUT2D eigenvalue weighted by molar-refractivity contribution is 0.0489. The first-order chi connectivity index (χ1) is 14.0. The summed E-state index contributed by atoms with van der Waals surface area (Å²) >= 11 is 6.00. The van der Waals surface area contributed by atoms with Gasteiger partial charge in [0.05, 0.1) is 17.7 Å². The van der Waals surface area contributed by atoms with Crippen molar-refractivity contribution in [3.8, 4) is 5.75 Å². The van der Waals surface area contributed by atoms with Crippen molar-refractivity contribution in [1.82, 2.24) is 0 Å². The Morgan fingerprint density at radius 1 is 0.862 bits per heavy atom. The second-order valence-corrected chi connectivity index (χ2v) is 7.51. The molecule has 0 atom stereocenters. The van der Waals surface area contributed by atoms with E-state index in [-0.39, 0.29) is 11.1 Å². The fourth-order valence-electron chi connectivity index (χ4n) is 2.98. The highest BCUT2D eigenvalue weighted by atomic mass is 35.5. The van der Waals surface area contributed by atoms with E-state index >= 15 is 0 Å². The summed E-state index contributed by atoms with van der Waals surface area (Å²) in [6.07, 6.45) is 8.01. The number of esters is 2. The van der Waals surface area contributed by atoms with Crippen LogP contribution in [0.1, 0.15) is 78.1 Å². The lowest BCUT2D eigenvalue weighted by Gasteiger charge is -2.10. The Bertz CT molecular complexity index is 816. The molecule has 0 spiro atoms. The molecule has 2 aromatic rings. The van der Waals surface area contributed by atoms with Crippen LogP contribution in [-0.2, 0) is 4.74 Å². The van der Waals surface area contributed by atoms with Crippen LogP contribution in [0.2, 0.25) is 5.02 Å². The van der Waals surface area contributed by atoms with Gasteiger partial charge in [-0.15, -0.1) is 0 Å². The molecule has 0 radical (unpaired) electrons. The van der Waals surface area contributed by atoms with Gasteiger partial charge in [-0.2, -0.15) is 0 Å². The molecular formula is C24H29ClO4. The Hall–Kier alpha value is -2.33. The fourth-order valence-corrected chi connectivity index (χ4v) is 3.10. The number of ether oxygens (including phenoxy) is 2. The van der Waals surface area contributed by atoms with Gasteiger partial charge in [0.1, 0.15) is 5.75 Å². The molecule has 0 saturated carbocycles. The van der Waals surface area contributed by atoms with Crippen LogP contribution in [0.5, 0.6) is 5.75 Å². The number of hydrogen-bond donors (Lipinski definition) is 0. The summed E-state index contributed by atoms with van der Waals surface area (Å²) in [6, 6.07) is 11.5. The molecular weight excluding hydrogens is 388 g/mol. The van der Waals surface area contributed by atoms with Gasteiger partial charge in [0.25, 0.3) is 0 Å². The van der Waals surface area contributed by atoms with E-state index in [0.717, 1.165) is 24.8 Å². The highest BCUT2D eigenvalue weighted by Gasteiger charge is 2.19. The minimum Gasteiger partial charge on any atom is -0.462 e. The zero-order valence-corrected chi connectivity index (χ0v) is 18.0. The SMILES string of the molecule is CCCCCCCCCOC(=O)c1ccccc1C(=O)Oc1ccc(Cl)c(C)c1. The number of unbranched alkanes of at least 4 members (excludes halogenated alkanes) is 6. The van der Waals surface area contributed by atoms with Crippen LogP contribution in [0.15, 0.2) is 42.5 Å². The average molecular weight is 417 g/mol. The minimum absolute atomic E-state index is 0.185. The standard InChI is InChI=1S/C24H29ClO4/c1-3-4-5-6-7-8-11-16-28-23(26)20-12-9-10-13-21(20)24(27)29-19-14-15-22(25)18(2)17-19/h9-10,12-15,17H,3-8,11,16H2,1-2H3. The molecule has 2 aromatic carbocycles. The van der Waals surface area contributed by atoms with Gasteiger partial charge in [0.2, 0.25) is 0 Å². The second kappa shape index (κ2) is 12.3. The molecule has 0 saturated heterocycles. The summed E-state index contributed by atoms with van der Waals surface area (Å²) < 4.78 is 10.8. The second-order valence-electron chi connectivity index (χ2n) is 7.10. The molecule has 0 unspecified atom stereocenters. The summed E-state index contributed by atoms with van der Waals surface area (Å²) in [7, 11) is 0. The van der Waals surface area contributed by atoms with Crippen LogP contribution >= 0.6 is 11.6 Å². The summed E-state index contributed by atoms with van der Waals surface area (Å²) in [5.41, 5.74) is 1.20. The molecule has 2 rings (SSSR count). The molecule has 0 heterocycles. The van der Waals surface area contributed by atoms with Gasteiger partial charge in [0.15, 0.2) is 0 Å². The van der Waals surface area contributed by atoms with E-state index in [9.17, 15) is 9.59 Å². The van der Waals surface area contributed by atoms with Crippen molar-refractivity contribution in [3.63, 3.8) is 0 Å². The number of benzene rings is 2. The maximum Gasteiger partial charge on any atom is 0.344 e. The van der Waals surface area contributed by atoms with Gasteiger partial charge in [-0.1, -0.05) is 69.2 Å². The number of aryl methyl sites for hydroxylation is 1. The van der Waals surface area contributed by atoms with Gasteiger partial charge in [-0.25, -0.2) is 9.59 Å². The Kier molecular flexibility index (Phi) is 9.72. The normalized spacial score (nSPS) is 10.6. The van der Waals surface area contributed by atoms with E-state index in [1.165, 1.54) is 25.7 Å². The van der Waals surface area contributed by atoms with Crippen LogP contribution in [0.4, 0.5) is 0 Å². The Morgan fingerprint density at radius 3 is 2.14 bits per heavy atom. The highest BCUT2D eigenvalue weighted by molar-refractivity contribution is 6.31. The molecule has 0 fully saturated rings. The van der Waals surface area contributed by atoms with Crippen LogP contribution < -0.4 is 4.74 Å². The zero-order chi connectivity index (χ0) is 21.1. The first-order valence-electron chi connectivity index (χ1n) is 10.3. The first-order valence-corrected chi connectivity index (χ1v) is 10.6. The van der Waals surface area contributed by atoms with E-state index in [2.05, 4.69) is 6.92 Å². The molecule has 0 bridgehead atoms. The number of carbonyl (C=O) groups is 2. The maximum absolute atomic E-state index is 12.6. The topological polar surface area (TPSA) is 52.6 Å². The summed E-state index contributed by atoms with van der Waals surface area (Å²) in [6.45, 7) is 4.38. The number of halogens is 1. The maximum atomic E-state index is 12.6. The molecule has 4 nitrogen and oxygen atoms in total. The van der Waals surface area contributed by atoms with Crippen LogP contribution in [-0.4, -0.2) is 18.5 Å². The fraction of sp³-hybridized carbons (Fsp3) is 0.417.